The lowest BCUT2D eigenvalue weighted by Gasteiger charge is -2.06. The maximum absolute atomic E-state index is 11.9. The Labute approximate surface area is 133 Å². The summed E-state index contributed by atoms with van der Waals surface area (Å²) in [4.78, 5) is 11.9. The average molecular weight is 377 g/mol. The van der Waals surface area contributed by atoms with Gasteiger partial charge in [-0.15, -0.1) is 0 Å². The van der Waals surface area contributed by atoms with Gasteiger partial charge in [-0.05, 0) is 30.2 Å². The van der Waals surface area contributed by atoms with Gasteiger partial charge in [-0.25, -0.2) is 0 Å². The van der Waals surface area contributed by atoms with E-state index in [4.69, 9.17) is 0 Å². The van der Waals surface area contributed by atoms with E-state index in [0.717, 1.165) is 10.1 Å². The monoisotopic (exact) mass is 377 g/mol. The van der Waals surface area contributed by atoms with Gasteiger partial charge >= 0.3 is 0 Å². The Bertz CT molecular complexity index is 620. The second kappa shape index (κ2) is 7.24. The first-order valence-corrected chi connectivity index (χ1v) is 7.91. The van der Waals surface area contributed by atoms with E-state index in [1.54, 1.807) is 12.3 Å². The molecule has 1 N–H and O–H groups in total. The molecule has 2 nitrogen and oxygen atoms in total. The summed E-state index contributed by atoms with van der Waals surface area (Å²) in [6, 6.07) is 15.5. The molecular formula is C17H16INO. The molecule has 2 aromatic rings. The molecule has 0 bridgehead atoms. The van der Waals surface area contributed by atoms with E-state index < -0.39 is 0 Å². The van der Waals surface area contributed by atoms with Crippen LogP contribution in [0, 0.1) is 6.92 Å². The first-order chi connectivity index (χ1) is 9.70. The fourth-order valence-electron chi connectivity index (χ4n) is 1.82. The molecule has 0 amide bonds. The van der Waals surface area contributed by atoms with Crippen molar-refractivity contribution in [3.05, 3.63) is 77.5 Å². The van der Waals surface area contributed by atoms with Crippen molar-refractivity contribution in [2.24, 2.45) is 0 Å². The number of nitrogens with one attached hydrogen (secondary N) is 1. The van der Waals surface area contributed by atoms with Crippen LogP contribution in [-0.4, -0.2) is 5.78 Å². The lowest BCUT2D eigenvalue weighted by atomic mass is 10.1. The van der Waals surface area contributed by atoms with Crippen LogP contribution in [0.15, 0.2) is 60.8 Å². The van der Waals surface area contributed by atoms with Gasteiger partial charge in [-0.1, -0.05) is 59.0 Å². The zero-order valence-electron chi connectivity index (χ0n) is 11.3. The average Bonchev–Trinajstić information content (AvgIpc) is 2.49. The van der Waals surface area contributed by atoms with Gasteiger partial charge in [-0.3, -0.25) is 4.79 Å². The molecule has 20 heavy (non-hydrogen) atoms. The Balaban J connectivity index is 2.02. The smallest absolute Gasteiger partial charge is 0.187 e. The summed E-state index contributed by atoms with van der Waals surface area (Å²) in [5, 5.41) is 3.14. The number of halogens is 1. The van der Waals surface area contributed by atoms with Gasteiger partial charge in [0.05, 0.1) is 0 Å². The molecule has 102 valence electrons. The molecule has 0 saturated carbocycles. The van der Waals surface area contributed by atoms with E-state index in [2.05, 4.69) is 47.0 Å². The summed E-state index contributed by atoms with van der Waals surface area (Å²) in [7, 11) is 0. The van der Waals surface area contributed by atoms with Crippen molar-refractivity contribution in [1.29, 1.82) is 0 Å². The topological polar surface area (TPSA) is 29.1 Å². The molecule has 0 heterocycles. The van der Waals surface area contributed by atoms with Crippen LogP contribution in [0.25, 0.3) is 0 Å². The summed E-state index contributed by atoms with van der Waals surface area (Å²) in [6.07, 6.45) is 3.25. The molecule has 0 atom stereocenters. The molecule has 0 saturated heterocycles. The highest BCUT2D eigenvalue weighted by Gasteiger charge is 2.00. The van der Waals surface area contributed by atoms with Crippen LogP contribution in [0.1, 0.15) is 21.5 Å². The van der Waals surface area contributed by atoms with E-state index in [-0.39, 0.29) is 5.78 Å². The summed E-state index contributed by atoms with van der Waals surface area (Å²) < 4.78 is 0.978. The molecule has 0 radical (unpaired) electrons. The van der Waals surface area contributed by atoms with Crippen LogP contribution in [0.4, 0.5) is 5.69 Å². The highest BCUT2D eigenvalue weighted by Crippen LogP contribution is 2.18. The number of aryl methyl sites for hydroxylation is 1. The normalized spacial score (nSPS) is 10.7. The molecule has 3 heteroatoms. The third kappa shape index (κ3) is 3.93. The van der Waals surface area contributed by atoms with Gasteiger partial charge in [-0.2, -0.15) is 0 Å². The zero-order valence-corrected chi connectivity index (χ0v) is 13.4. The van der Waals surface area contributed by atoms with Crippen molar-refractivity contribution < 1.29 is 4.79 Å². The van der Waals surface area contributed by atoms with Crippen molar-refractivity contribution >= 4 is 34.1 Å². The van der Waals surface area contributed by atoms with Crippen molar-refractivity contribution in [2.45, 2.75) is 11.4 Å². The van der Waals surface area contributed by atoms with Gasteiger partial charge < -0.3 is 5.32 Å². The number of allylic oxidation sites excluding steroid dienone is 1. The second-order valence-electron chi connectivity index (χ2n) is 4.48. The number of alkyl halides is 1. The molecule has 0 aliphatic heterocycles. The third-order valence-corrected chi connectivity index (χ3v) is 3.86. The molecule has 2 aromatic carbocycles. The Hall–Kier alpha value is -1.62. The Morgan fingerprint density at radius 3 is 2.65 bits per heavy atom. The summed E-state index contributed by atoms with van der Waals surface area (Å²) in [5.74, 6) is -0.000623. The van der Waals surface area contributed by atoms with Gasteiger partial charge in [0.2, 0.25) is 0 Å². The summed E-state index contributed by atoms with van der Waals surface area (Å²) in [5.41, 5.74) is 4.29. The minimum absolute atomic E-state index is 0.000623. The van der Waals surface area contributed by atoms with Crippen LogP contribution in [0.2, 0.25) is 0 Å². The minimum Gasteiger partial charge on any atom is -0.362 e. The van der Waals surface area contributed by atoms with Crippen LogP contribution in [0.5, 0.6) is 0 Å². The molecular weight excluding hydrogens is 361 g/mol. The van der Waals surface area contributed by atoms with Crippen molar-refractivity contribution in [3.8, 4) is 0 Å². The number of carbonyl (C=O) groups is 1. The number of ketones is 1. The van der Waals surface area contributed by atoms with E-state index in [1.165, 1.54) is 11.1 Å². The van der Waals surface area contributed by atoms with E-state index in [0.29, 0.717) is 5.56 Å². The first kappa shape index (κ1) is 14.8. The predicted octanol–water partition coefficient (Wildman–Crippen LogP) is 4.74. The van der Waals surface area contributed by atoms with Crippen molar-refractivity contribution in [1.82, 2.24) is 0 Å². The fourth-order valence-corrected chi connectivity index (χ4v) is 2.64. The lowest BCUT2D eigenvalue weighted by molar-refractivity contribution is 0.104. The highest BCUT2D eigenvalue weighted by molar-refractivity contribution is 14.1. The number of hydrogen-bond donors (Lipinski definition) is 1. The number of benzene rings is 2. The number of carbonyl (C=O) groups excluding carboxylic acids is 1. The van der Waals surface area contributed by atoms with Crippen LogP contribution >= 0.6 is 22.6 Å². The van der Waals surface area contributed by atoms with E-state index in [9.17, 15) is 4.79 Å². The Morgan fingerprint density at radius 2 is 1.95 bits per heavy atom. The molecule has 0 fully saturated rings. The van der Waals surface area contributed by atoms with Gasteiger partial charge in [0.1, 0.15) is 0 Å². The van der Waals surface area contributed by atoms with Gasteiger partial charge in [0, 0.05) is 28.0 Å². The maximum atomic E-state index is 11.9. The van der Waals surface area contributed by atoms with Crippen LogP contribution in [-0.2, 0) is 4.43 Å². The SMILES string of the molecule is Cc1ccc(N/C=C/C(=O)c2ccccc2)cc1CI. The zero-order chi connectivity index (χ0) is 14.4. The summed E-state index contributed by atoms with van der Waals surface area (Å²) >= 11 is 2.35. The maximum Gasteiger partial charge on any atom is 0.187 e. The molecule has 0 spiro atoms. The minimum atomic E-state index is -0.000623. The largest absolute Gasteiger partial charge is 0.362 e. The van der Waals surface area contributed by atoms with Crippen molar-refractivity contribution in [3.63, 3.8) is 0 Å². The number of rotatable bonds is 5. The number of hydrogen-bond acceptors (Lipinski definition) is 2. The van der Waals surface area contributed by atoms with E-state index in [1.807, 2.05) is 36.4 Å². The second-order valence-corrected chi connectivity index (χ2v) is 5.25. The Kier molecular flexibility index (Phi) is 5.35. The quantitative estimate of drug-likeness (QED) is 0.353. The van der Waals surface area contributed by atoms with Crippen LogP contribution in [0.3, 0.4) is 0 Å². The third-order valence-electron chi connectivity index (χ3n) is 3.04. The molecule has 0 aliphatic carbocycles. The molecule has 0 aromatic heterocycles. The number of anilines is 1. The first-order valence-electron chi connectivity index (χ1n) is 6.38. The highest BCUT2D eigenvalue weighted by atomic mass is 127. The lowest BCUT2D eigenvalue weighted by Crippen LogP contribution is -1.96. The van der Waals surface area contributed by atoms with E-state index >= 15 is 0 Å². The van der Waals surface area contributed by atoms with Gasteiger partial charge in [0.15, 0.2) is 5.78 Å². The van der Waals surface area contributed by atoms with Crippen LogP contribution < -0.4 is 5.32 Å². The molecule has 0 unspecified atom stereocenters. The standard InChI is InChI=1S/C17H16INO/c1-13-7-8-16(11-15(13)12-18)19-10-9-17(20)14-5-3-2-4-6-14/h2-11,19H,12H2,1H3/b10-9+. The van der Waals surface area contributed by atoms with Crippen molar-refractivity contribution in [2.75, 3.05) is 5.32 Å². The predicted molar refractivity (Wildman–Crippen MR) is 92.4 cm³/mol. The summed E-state index contributed by atoms with van der Waals surface area (Å²) in [6.45, 7) is 2.10. The Morgan fingerprint density at radius 1 is 1.20 bits per heavy atom. The molecule has 2 rings (SSSR count). The van der Waals surface area contributed by atoms with Gasteiger partial charge in [0.25, 0.3) is 0 Å². The molecule has 0 aliphatic rings. The fraction of sp³-hybridized carbons (Fsp3) is 0.118.